The third-order valence-electron chi connectivity index (χ3n) is 2.68. The molecule has 0 fully saturated rings. The van der Waals surface area contributed by atoms with Gasteiger partial charge in [0.15, 0.2) is 5.82 Å². The molecule has 0 aliphatic carbocycles. The summed E-state index contributed by atoms with van der Waals surface area (Å²) in [6, 6.07) is 4.65. The molecule has 2 aromatic rings. The molecule has 7 heteroatoms. The number of rotatable bonds is 4. The second-order valence-electron chi connectivity index (χ2n) is 4.16. The second-order valence-corrected chi connectivity index (χ2v) is 4.16. The van der Waals surface area contributed by atoms with Crippen molar-refractivity contribution in [2.24, 2.45) is 7.05 Å². The van der Waals surface area contributed by atoms with Gasteiger partial charge in [-0.15, -0.1) is 0 Å². The molecule has 0 spiro atoms. The monoisotopic (exact) mass is 264 g/mol. The number of carbonyl (C=O) groups excluding carboxylic acids is 1. The topological polar surface area (TPSA) is 92.3 Å². The Morgan fingerprint density at radius 1 is 1.63 bits per heavy atom. The van der Waals surface area contributed by atoms with E-state index in [0.29, 0.717) is 11.6 Å². The predicted molar refractivity (Wildman–Crippen MR) is 68.6 cm³/mol. The molecule has 1 unspecified atom stereocenters. The Balaban J connectivity index is 1.81. The second kappa shape index (κ2) is 5.57. The zero-order valence-electron chi connectivity index (χ0n) is 10.8. The van der Waals surface area contributed by atoms with Crippen LogP contribution in [-0.4, -0.2) is 27.5 Å². The minimum absolute atomic E-state index is 0.0607. The highest BCUT2D eigenvalue weighted by Crippen LogP contribution is 2.11. The van der Waals surface area contributed by atoms with Crippen LogP contribution in [0.5, 0.6) is 0 Å². The summed E-state index contributed by atoms with van der Waals surface area (Å²) in [6.45, 7) is 1.95. The molecule has 102 valence electrons. The molecule has 2 rings (SSSR count). The fourth-order valence-electron chi connectivity index (χ4n) is 1.55. The first-order valence-corrected chi connectivity index (χ1v) is 5.83. The van der Waals surface area contributed by atoms with Crippen molar-refractivity contribution < 1.29 is 14.3 Å². The molecule has 0 saturated carbocycles. The maximum atomic E-state index is 11.6. The number of nitrogens with one attached hydrogen (secondary N) is 2. The fraction of sp³-hybridized carbons (Fsp3) is 0.333. The molecular formula is C12H16N4O3. The van der Waals surface area contributed by atoms with Gasteiger partial charge in [-0.1, -0.05) is 0 Å². The Hall–Kier alpha value is -2.28. The number of nitrogens with zero attached hydrogens (tertiary/aromatic N) is 2. The van der Waals surface area contributed by atoms with Crippen molar-refractivity contribution in [3.63, 3.8) is 0 Å². The van der Waals surface area contributed by atoms with Gasteiger partial charge in [0.1, 0.15) is 11.9 Å². The summed E-state index contributed by atoms with van der Waals surface area (Å²) in [5, 5.41) is 18.9. The van der Waals surface area contributed by atoms with E-state index >= 15 is 0 Å². The number of aryl methyl sites for hydroxylation is 2. The number of carbonyl (C=O) groups is 1. The molecule has 0 aliphatic rings. The van der Waals surface area contributed by atoms with Gasteiger partial charge >= 0.3 is 6.03 Å². The van der Waals surface area contributed by atoms with Crippen molar-refractivity contribution in [3.05, 3.63) is 35.9 Å². The molecular weight excluding hydrogens is 248 g/mol. The molecule has 0 radical (unpaired) electrons. The number of furan rings is 1. The number of hydrogen-bond donors (Lipinski definition) is 3. The molecule has 7 nitrogen and oxygen atoms in total. The van der Waals surface area contributed by atoms with Crippen LogP contribution in [-0.2, 0) is 7.05 Å². The first-order chi connectivity index (χ1) is 9.06. The fourth-order valence-corrected chi connectivity index (χ4v) is 1.55. The number of amides is 2. The van der Waals surface area contributed by atoms with E-state index in [4.69, 9.17) is 4.42 Å². The van der Waals surface area contributed by atoms with Gasteiger partial charge in [0.2, 0.25) is 0 Å². The maximum absolute atomic E-state index is 11.6. The molecule has 0 aliphatic heterocycles. The van der Waals surface area contributed by atoms with Gasteiger partial charge < -0.3 is 14.8 Å². The Morgan fingerprint density at radius 3 is 3.00 bits per heavy atom. The Bertz CT molecular complexity index is 528. The van der Waals surface area contributed by atoms with Gasteiger partial charge in [0.25, 0.3) is 0 Å². The van der Waals surface area contributed by atoms with Gasteiger partial charge in [0, 0.05) is 18.8 Å². The number of aromatic nitrogens is 2. The average Bonchev–Trinajstić information content (AvgIpc) is 2.98. The zero-order valence-corrected chi connectivity index (χ0v) is 10.8. The number of aliphatic hydroxyl groups excluding tert-OH is 1. The van der Waals surface area contributed by atoms with Crippen LogP contribution in [0, 0.1) is 6.92 Å². The first kappa shape index (κ1) is 13.2. The van der Waals surface area contributed by atoms with Crippen molar-refractivity contribution >= 4 is 11.8 Å². The minimum atomic E-state index is -0.869. The maximum Gasteiger partial charge on any atom is 0.320 e. The van der Waals surface area contributed by atoms with E-state index in [2.05, 4.69) is 15.7 Å². The van der Waals surface area contributed by atoms with Crippen LogP contribution in [0.15, 0.2) is 28.9 Å². The molecule has 0 saturated heterocycles. The Kier molecular flexibility index (Phi) is 3.86. The van der Waals surface area contributed by atoms with Crippen LogP contribution in [0.4, 0.5) is 10.6 Å². The number of anilines is 1. The summed E-state index contributed by atoms with van der Waals surface area (Å²) in [4.78, 5) is 11.6. The Morgan fingerprint density at radius 2 is 2.42 bits per heavy atom. The first-order valence-electron chi connectivity index (χ1n) is 5.83. The summed E-state index contributed by atoms with van der Waals surface area (Å²) in [5.74, 6) is 0.874. The quantitative estimate of drug-likeness (QED) is 0.773. The van der Waals surface area contributed by atoms with E-state index in [1.165, 1.54) is 6.26 Å². The molecule has 1 atom stereocenters. The van der Waals surface area contributed by atoms with Gasteiger partial charge in [-0.2, -0.15) is 5.10 Å². The van der Waals surface area contributed by atoms with Gasteiger partial charge in [0.05, 0.1) is 12.8 Å². The lowest BCUT2D eigenvalue weighted by atomic mass is 10.3. The van der Waals surface area contributed by atoms with Crippen LogP contribution >= 0.6 is 0 Å². The van der Waals surface area contributed by atoms with E-state index in [1.807, 2.05) is 6.92 Å². The standard InChI is InChI=1S/C12H16N4O3/c1-8-6-11(15-16(8)2)14-12(18)13-7-9(17)10-4-3-5-19-10/h3-6,9,17H,7H2,1-2H3,(H2,13,14,15,18). The van der Waals surface area contributed by atoms with Crippen LogP contribution in [0.1, 0.15) is 17.6 Å². The third-order valence-corrected chi connectivity index (χ3v) is 2.68. The Labute approximate surface area is 110 Å². The van der Waals surface area contributed by atoms with Crippen LogP contribution in [0.3, 0.4) is 0 Å². The van der Waals surface area contributed by atoms with Crippen LogP contribution < -0.4 is 10.6 Å². The molecule has 0 aromatic carbocycles. The van der Waals surface area contributed by atoms with E-state index in [0.717, 1.165) is 5.69 Å². The summed E-state index contributed by atoms with van der Waals surface area (Å²) in [5.41, 5.74) is 0.936. The van der Waals surface area contributed by atoms with Crippen molar-refractivity contribution in [2.75, 3.05) is 11.9 Å². The van der Waals surface area contributed by atoms with E-state index < -0.39 is 12.1 Å². The van der Waals surface area contributed by atoms with E-state index in [-0.39, 0.29) is 6.54 Å². The molecule has 3 N–H and O–H groups in total. The lowest BCUT2D eigenvalue weighted by molar-refractivity contribution is 0.149. The van der Waals surface area contributed by atoms with Gasteiger partial charge in [-0.25, -0.2) is 4.79 Å². The number of hydrogen-bond acceptors (Lipinski definition) is 4. The van der Waals surface area contributed by atoms with Crippen LogP contribution in [0.25, 0.3) is 0 Å². The minimum Gasteiger partial charge on any atom is -0.467 e. The average molecular weight is 264 g/mol. The molecule has 2 aromatic heterocycles. The van der Waals surface area contributed by atoms with E-state index in [9.17, 15) is 9.90 Å². The third kappa shape index (κ3) is 3.35. The summed E-state index contributed by atoms with van der Waals surface area (Å²) >= 11 is 0. The lowest BCUT2D eigenvalue weighted by Crippen LogP contribution is -2.32. The largest absolute Gasteiger partial charge is 0.467 e. The lowest BCUT2D eigenvalue weighted by Gasteiger charge is -2.09. The SMILES string of the molecule is Cc1cc(NC(=O)NCC(O)c2ccco2)nn1C. The van der Waals surface area contributed by atoms with Gasteiger partial charge in [-0.05, 0) is 19.1 Å². The van der Waals surface area contributed by atoms with Crippen molar-refractivity contribution in [3.8, 4) is 0 Å². The van der Waals surface area contributed by atoms with Crippen molar-refractivity contribution in [1.82, 2.24) is 15.1 Å². The predicted octanol–water partition coefficient (Wildman–Crippen LogP) is 1.18. The van der Waals surface area contributed by atoms with E-state index in [1.54, 1.807) is 29.9 Å². The molecule has 2 heterocycles. The number of urea groups is 1. The summed E-state index contributed by atoms with van der Waals surface area (Å²) in [7, 11) is 1.79. The molecule has 2 amide bonds. The highest BCUT2D eigenvalue weighted by Gasteiger charge is 2.12. The summed E-state index contributed by atoms with van der Waals surface area (Å²) < 4.78 is 6.69. The van der Waals surface area contributed by atoms with Gasteiger partial charge in [-0.3, -0.25) is 10.00 Å². The van der Waals surface area contributed by atoms with Crippen molar-refractivity contribution in [2.45, 2.75) is 13.0 Å². The normalized spacial score (nSPS) is 12.2. The zero-order chi connectivity index (χ0) is 13.8. The smallest absolute Gasteiger partial charge is 0.320 e. The highest BCUT2D eigenvalue weighted by molar-refractivity contribution is 5.88. The highest BCUT2D eigenvalue weighted by atomic mass is 16.4. The summed E-state index contributed by atoms with van der Waals surface area (Å²) in [6.07, 6.45) is 0.598. The molecule has 0 bridgehead atoms. The van der Waals surface area contributed by atoms with Crippen molar-refractivity contribution in [1.29, 1.82) is 0 Å². The molecule has 19 heavy (non-hydrogen) atoms. The van der Waals surface area contributed by atoms with Crippen LogP contribution in [0.2, 0.25) is 0 Å². The number of aliphatic hydroxyl groups is 1.